The van der Waals surface area contributed by atoms with E-state index in [2.05, 4.69) is 52.9 Å². The lowest BCUT2D eigenvalue weighted by atomic mass is 9.72. The Bertz CT molecular complexity index is 572. The summed E-state index contributed by atoms with van der Waals surface area (Å²) in [6.45, 7) is 4.50. The Morgan fingerprint density at radius 2 is 2.11 bits per heavy atom. The average Bonchev–Trinajstić information content (AvgIpc) is 2.83. The minimum Gasteiger partial charge on any atom is -0.276 e. The van der Waals surface area contributed by atoms with Crippen molar-refractivity contribution in [3.8, 4) is 5.69 Å². The number of benzene rings is 1. The molecule has 0 unspecified atom stereocenters. The van der Waals surface area contributed by atoms with E-state index in [1.807, 2.05) is 18.1 Å². The molecule has 0 aliphatic heterocycles. The van der Waals surface area contributed by atoms with Gasteiger partial charge in [-0.25, -0.2) is 0 Å². The normalized spacial score (nSPS) is 17.2. The maximum atomic E-state index is 4.27. The van der Waals surface area contributed by atoms with Gasteiger partial charge in [0.15, 0.2) is 5.16 Å². The number of hydrogen-bond donors (Lipinski definition) is 0. The van der Waals surface area contributed by atoms with E-state index in [-0.39, 0.29) is 0 Å². The highest BCUT2D eigenvalue weighted by molar-refractivity contribution is 7.99. The molecule has 1 saturated carbocycles. The summed E-state index contributed by atoms with van der Waals surface area (Å²) in [4.78, 5) is 0. The van der Waals surface area contributed by atoms with E-state index in [9.17, 15) is 0 Å². The molecule has 1 aromatic carbocycles. The van der Waals surface area contributed by atoms with Gasteiger partial charge >= 0.3 is 0 Å². The van der Waals surface area contributed by atoms with Gasteiger partial charge < -0.3 is 0 Å². The van der Waals surface area contributed by atoms with E-state index in [0.29, 0.717) is 5.41 Å². The number of aryl methyl sites for hydroxylation is 1. The highest BCUT2D eigenvalue weighted by atomic mass is 32.2. The second-order valence-corrected chi connectivity index (χ2v) is 6.67. The number of nitrogens with zero attached hydrogens (tertiary/aromatic N) is 3. The quantitative estimate of drug-likeness (QED) is 0.793. The fourth-order valence-electron chi connectivity index (χ4n) is 2.49. The first kappa shape index (κ1) is 12.7. The van der Waals surface area contributed by atoms with Crippen LogP contribution in [0.4, 0.5) is 0 Å². The van der Waals surface area contributed by atoms with Gasteiger partial charge in [0.2, 0.25) is 0 Å². The third kappa shape index (κ3) is 2.54. The van der Waals surface area contributed by atoms with Gasteiger partial charge in [0.05, 0.1) is 5.69 Å². The molecule has 0 radical (unpaired) electrons. The van der Waals surface area contributed by atoms with Gasteiger partial charge in [-0.1, -0.05) is 43.3 Å². The first-order valence-corrected chi connectivity index (χ1v) is 7.75. The molecule has 0 bridgehead atoms. The summed E-state index contributed by atoms with van der Waals surface area (Å²) in [5.74, 6) is 1.14. The highest BCUT2D eigenvalue weighted by Crippen LogP contribution is 2.44. The van der Waals surface area contributed by atoms with Crippen molar-refractivity contribution in [2.24, 2.45) is 5.41 Å². The Hall–Kier alpha value is -1.29. The molecule has 2 aromatic rings. The Labute approximate surface area is 118 Å². The maximum absolute atomic E-state index is 4.27. The van der Waals surface area contributed by atoms with Gasteiger partial charge in [-0.3, -0.25) is 4.57 Å². The average molecular weight is 273 g/mol. The van der Waals surface area contributed by atoms with Crippen molar-refractivity contribution in [2.45, 2.75) is 38.3 Å². The van der Waals surface area contributed by atoms with E-state index < -0.39 is 0 Å². The Kier molecular flexibility index (Phi) is 3.35. The van der Waals surface area contributed by atoms with Crippen LogP contribution in [0.3, 0.4) is 0 Å². The minimum absolute atomic E-state index is 0.507. The molecule has 0 atom stereocenters. The van der Waals surface area contributed by atoms with Crippen LogP contribution in [-0.2, 0) is 0 Å². The molecule has 19 heavy (non-hydrogen) atoms. The first-order valence-electron chi connectivity index (χ1n) is 6.77. The van der Waals surface area contributed by atoms with Gasteiger partial charge in [-0.2, -0.15) is 0 Å². The topological polar surface area (TPSA) is 30.7 Å². The summed E-state index contributed by atoms with van der Waals surface area (Å²) in [5, 5.41) is 9.35. The lowest BCUT2D eigenvalue weighted by Crippen LogP contribution is -2.28. The number of thioether (sulfide) groups is 1. The molecule has 100 valence electrons. The van der Waals surface area contributed by atoms with Crippen LogP contribution in [0.25, 0.3) is 5.69 Å². The smallest absolute Gasteiger partial charge is 0.195 e. The van der Waals surface area contributed by atoms with E-state index in [1.165, 1.54) is 30.5 Å². The van der Waals surface area contributed by atoms with Crippen molar-refractivity contribution in [3.05, 3.63) is 36.2 Å². The summed E-state index contributed by atoms with van der Waals surface area (Å²) in [6, 6.07) is 8.36. The van der Waals surface area contributed by atoms with Crippen LogP contribution in [0.2, 0.25) is 0 Å². The maximum Gasteiger partial charge on any atom is 0.195 e. The fraction of sp³-hybridized carbons (Fsp3) is 0.467. The number of para-hydroxylation sites is 1. The molecule has 0 spiro atoms. The molecular weight excluding hydrogens is 254 g/mol. The Morgan fingerprint density at radius 1 is 1.32 bits per heavy atom. The van der Waals surface area contributed by atoms with E-state index in [1.54, 1.807) is 0 Å². The molecular formula is C15H19N3S. The third-order valence-electron chi connectivity index (χ3n) is 4.00. The van der Waals surface area contributed by atoms with Crippen molar-refractivity contribution < 1.29 is 0 Å². The SMILES string of the molecule is Cc1ccccc1-n1cnnc1SCC1(C)CCC1. The van der Waals surface area contributed by atoms with Crippen LogP contribution in [0.5, 0.6) is 0 Å². The molecule has 1 fully saturated rings. The second kappa shape index (κ2) is 5.00. The summed E-state index contributed by atoms with van der Waals surface area (Å²) < 4.78 is 2.10. The molecule has 1 aliphatic rings. The van der Waals surface area contributed by atoms with Gasteiger partial charge in [-0.15, -0.1) is 10.2 Å². The molecule has 3 rings (SSSR count). The van der Waals surface area contributed by atoms with Crippen molar-refractivity contribution in [2.75, 3.05) is 5.75 Å². The predicted molar refractivity (Wildman–Crippen MR) is 78.8 cm³/mol. The van der Waals surface area contributed by atoms with Gasteiger partial charge in [-0.05, 0) is 36.8 Å². The fourth-order valence-corrected chi connectivity index (χ4v) is 3.64. The molecule has 0 amide bonds. The summed E-state index contributed by atoms with van der Waals surface area (Å²) in [5.41, 5.74) is 2.93. The van der Waals surface area contributed by atoms with Crippen LogP contribution >= 0.6 is 11.8 Å². The number of rotatable bonds is 4. The predicted octanol–water partition coefficient (Wildman–Crippen LogP) is 3.86. The molecule has 0 N–H and O–H groups in total. The monoisotopic (exact) mass is 273 g/mol. The zero-order valence-electron chi connectivity index (χ0n) is 11.5. The first-order chi connectivity index (χ1) is 9.18. The largest absolute Gasteiger partial charge is 0.276 e. The zero-order chi connectivity index (χ0) is 13.3. The van der Waals surface area contributed by atoms with Gasteiger partial charge in [0.1, 0.15) is 6.33 Å². The standard InChI is InChI=1S/C15H19N3S/c1-12-6-3-4-7-13(12)18-11-16-17-14(18)19-10-15(2)8-5-9-15/h3-4,6-7,11H,5,8-10H2,1-2H3. The Morgan fingerprint density at radius 3 is 2.79 bits per heavy atom. The number of hydrogen-bond acceptors (Lipinski definition) is 3. The van der Waals surface area contributed by atoms with Crippen molar-refractivity contribution in [1.29, 1.82) is 0 Å². The van der Waals surface area contributed by atoms with Crippen LogP contribution in [0.1, 0.15) is 31.7 Å². The van der Waals surface area contributed by atoms with Crippen molar-refractivity contribution in [1.82, 2.24) is 14.8 Å². The van der Waals surface area contributed by atoms with Gasteiger partial charge in [0, 0.05) is 5.75 Å². The lowest BCUT2D eigenvalue weighted by Gasteiger charge is -2.37. The highest BCUT2D eigenvalue weighted by Gasteiger charge is 2.32. The molecule has 3 nitrogen and oxygen atoms in total. The molecule has 4 heteroatoms. The van der Waals surface area contributed by atoms with E-state index in [4.69, 9.17) is 0 Å². The summed E-state index contributed by atoms with van der Waals surface area (Å²) >= 11 is 1.83. The van der Waals surface area contributed by atoms with Gasteiger partial charge in [0.25, 0.3) is 0 Å². The van der Waals surface area contributed by atoms with Crippen molar-refractivity contribution in [3.63, 3.8) is 0 Å². The molecule has 0 saturated heterocycles. The second-order valence-electron chi connectivity index (χ2n) is 5.72. The summed E-state index contributed by atoms with van der Waals surface area (Å²) in [6.07, 6.45) is 5.88. The molecule has 1 heterocycles. The third-order valence-corrected chi connectivity index (χ3v) is 5.38. The van der Waals surface area contributed by atoms with Crippen LogP contribution in [0.15, 0.2) is 35.7 Å². The summed E-state index contributed by atoms with van der Waals surface area (Å²) in [7, 11) is 0. The minimum atomic E-state index is 0.507. The molecule has 1 aliphatic carbocycles. The van der Waals surface area contributed by atoms with E-state index in [0.717, 1.165) is 10.9 Å². The zero-order valence-corrected chi connectivity index (χ0v) is 12.3. The van der Waals surface area contributed by atoms with Crippen LogP contribution in [0, 0.1) is 12.3 Å². The molecule has 1 aromatic heterocycles. The Balaban J connectivity index is 1.80. The number of aromatic nitrogens is 3. The lowest BCUT2D eigenvalue weighted by molar-refractivity contribution is 0.197. The van der Waals surface area contributed by atoms with Crippen molar-refractivity contribution >= 4 is 11.8 Å². The van der Waals surface area contributed by atoms with Crippen LogP contribution < -0.4 is 0 Å². The van der Waals surface area contributed by atoms with Crippen LogP contribution in [-0.4, -0.2) is 20.5 Å². The van der Waals surface area contributed by atoms with E-state index >= 15 is 0 Å².